The second-order valence-corrected chi connectivity index (χ2v) is 6.55. The first-order valence-electron chi connectivity index (χ1n) is 9.10. The van der Waals surface area contributed by atoms with Crippen molar-refractivity contribution in [3.05, 3.63) is 106 Å². The number of para-hydroxylation sites is 1. The van der Waals surface area contributed by atoms with E-state index in [0.717, 1.165) is 5.56 Å². The Hall–Kier alpha value is -4.50. The SMILES string of the molecule is N#Cc1ccc(C=Cc2nc3ccccc3c(=O)n2-c2cccc(C(=O)O)c2)cc1. The zero-order valence-corrected chi connectivity index (χ0v) is 15.7. The number of hydrogen-bond acceptors (Lipinski definition) is 4. The predicted molar refractivity (Wildman–Crippen MR) is 114 cm³/mol. The van der Waals surface area contributed by atoms with Crippen LogP contribution in [0.3, 0.4) is 0 Å². The Morgan fingerprint density at radius 2 is 1.77 bits per heavy atom. The lowest BCUT2D eigenvalue weighted by molar-refractivity contribution is 0.0697. The maximum absolute atomic E-state index is 13.2. The van der Waals surface area contributed by atoms with Crippen LogP contribution in [-0.4, -0.2) is 20.6 Å². The number of carbonyl (C=O) groups is 1. The van der Waals surface area contributed by atoms with Crippen molar-refractivity contribution in [3.8, 4) is 11.8 Å². The van der Waals surface area contributed by atoms with Crippen LogP contribution in [0.25, 0.3) is 28.7 Å². The molecule has 0 atom stereocenters. The summed E-state index contributed by atoms with van der Waals surface area (Å²) in [5.41, 5.74) is 2.14. The van der Waals surface area contributed by atoms with Gasteiger partial charge in [0, 0.05) is 0 Å². The molecule has 4 aromatic rings. The van der Waals surface area contributed by atoms with Crippen molar-refractivity contribution >= 4 is 29.0 Å². The number of aromatic nitrogens is 2. The lowest BCUT2D eigenvalue weighted by Crippen LogP contribution is -2.22. The summed E-state index contributed by atoms with van der Waals surface area (Å²) in [5, 5.41) is 18.7. The second-order valence-electron chi connectivity index (χ2n) is 6.55. The van der Waals surface area contributed by atoms with Crippen LogP contribution in [0, 0.1) is 11.3 Å². The number of benzene rings is 3. The molecule has 0 saturated carbocycles. The molecule has 0 saturated heterocycles. The Bertz CT molecular complexity index is 1390. The van der Waals surface area contributed by atoms with Crippen LogP contribution in [0.4, 0.5) is 0 Å². The first-order valence-corrected chi connectivity index (χ1v) is 9.10. The van der Waals surface area contributed by atoms with Gasteiger partial charge in [0.05, 0.1) is 33.8 Å². The van der Waals surface area contributed by atoms with Crippen molar-refractivity contribution in [2.75, 3.05) is 0 Å². The summed E-state index contributed by atoms with van der Waals surface area (Å²) in [7, 11) is 0. The summed E-state index contributed by atoms with van der Waals surface area (Å²) in [4.78, 5) is 29.2. The molecule has 6 heteroatoms. The van der Waals surface area contributed by atoms with Crippen LogP contribution in [0.1, 0.15) is 27.3 Å². The molecular formula is C24H15N3O3. The van der Waals surface area contributed by atoms with E-state index < -0.39 is 5.97 Å². The van der Waals surface area contributed by atoms with Gasteiger partial charge in [0.1, 0.15) is 5.82 Å². The molecule has 0 amide bonds. The van der Waals surface area contributed by atoms with Crippen LogP contribution >= 0.6 is 0 Å². The van der Waals surface area contributed by atoms with Crippen molar-refractivity contribution in [3.63, 3.8) is 0 Å². The zero-order chi connectivity index (χ0) is 21.1. The highest BCUT2D eigenvalue weighted by atomic mass is 16.4. The van der Waals surface area contributed by atoms with Crippen LogP contribution in [0.2, 0.25) is 0 Å². The highest BCUT2D eigenvalue weighted by Gasteiger charge is 2.12. The topological polar surface area (TPSA) is 96.0 Å². The molecule has 0 bridgehead atoms. The van der Waals surface area contributed by atoms with Gasteiger partial charge in [0.2, 0.25) is 0 Å². The van der Waals surface area contributed by atoms with Gasteiger partial charge in [-0.15, -0.1) is 0 Å². The molecule has 0 radical (unpaired) electrons. The number of carboxylic acids is 1. The second kappa shape index (κ2) is 7.86. The van der Waals surface area contributed by atoms with Gasteiger partial charge in [-0.3, -0.25) is 9.36 Å². The van der Waals surface area contributed by atoms with E-state index in [1.165, 1.54) is 16.7 Å². The fraction of sp³-hybridized carbons (Fsp3) is 0. The molecule has 0 aliphatic rings. The van der Waals surface area contributed by atoms with E-state index >= 15 is 0 Å². The van der Waals surface area contributed by atoms with E-state index in [2.05, 4.69) is 11.1 Å². The van der Waals surface area contributed by atoms with Gasteiger partial charge in [-0.2, -0.15) is 5.26 Å². The van der Waals surface area contributed by atoms with Gasteiger partial charge in [-0.1, -0.05) is 36.4 Å². The molecule has 1 N–H and O–H groups in total. The molecule has 1 heterocycles. The molecular weight excluding hydrogens is 378 g/mol. The minimum absolute atomic E-state index is 0.0783. The molecule has 3 aromatic carbocycles. The Kier molecular flexibility index (Phi) is 4.93. The normalized spacial score (nSPS) is 10.9. The molecule has 0 aliphatic heterocycles. The van der Waals surface area contributed by atoms with E-state index in [9.17, 15) is 14.7 Å². The number of fused-ring (bicyclic) bond motifs is 1. The smallest absolute Gasteiger partial charge is 0.335 e. The molecule has 144 valence electrons. The number of rotatable bonds is 4. The van der Waals surface area contributed by atoms with Crippen LogP contribution in [0.5, 0.6) is 0 Å². The van der Waals surface area contributed by atoms with Crippen molar-refractivity contribution in [2.24, 2.45) is 0 Å². The third-order valence-electron chi connectivity index (χ3n) is 4.62. The Balaban J connectivity index is 1.91. The summed E-state index contributed by atoms with van der Waals surface area (Å²) in [5.74, 6) is -0.709. The van der Waals surface area contributed by atoms with Crippen molar-refractivity contribution < 1.29 is 9.90 Å². The highest BCUT2D eigenvalue weighted by molar-refractivity contribution is 5.88. The number of nitriles is 1. The zero-order valence-electron chi connectivity index (χ0n) is 15.7. The van der Waals surface area contributed by atoms with E-state index in [4.69, 9.17) is 5.26 Å². The molecule has 0 spiro atoms. The lowest BCUT2D eigenvalue weighted by Gasteiger charge is -2.12. The van der Waals surface area contributed by atoms with E-state index in [-0.39, 0.29) is 11.1 Å². The number of aromatic carboxylic acids is 1. The third-order valence-corrected chi connectivity index (χ3v) is 4.62. The lowest BCUT2D eigenvalue weighted by atomic mass is 10.1. The van der Waals surface area contributed by atoms with Crippen LogP contribution in [0.15, 0.2) is 77.6 Å². The van der Waals surface area contributed by atoms with Gasteiger partial charge >= 0.3 is 5.97 Å². The average Bonchev–Trinajstić information content (AvgIpc) is 2.78. The number of hydrogen-bond donors (Lipinski definition) is 1. The minimum Gasteiger partial charge on any atom is -0.478 e. The Morgan fingerprint density at radius 1 is 1.00 bits per heavy atom. The molecule has 0 unspecified atom stereocenters. The van der Waals surface area contributed by atoms with Crippen molar-refractivity contribution in [1.29, 1.82) is 5.26 Å². The van der Waals surface area contributed by atoms with Gasteiger partial charge in [0.25, 0.3) is 5.56 Å². The van der Waals surface area contributed by atoms with Gasteiger partial charge < -0.3 is 5.11 Å². The largest absolute Gasteiger partial charge is 0.478 e. The van der Waals surface area contributed by atoms with Crippen molar-refractivity contribution in [2.45, 2.75) is 0 Å². The quantitative estimate of drug-likeness (QED) is 0.562. The highest BCUT2D eigenvalue weighted by Crippen LogP contribution is 2.17. The Labute approximate surface area is 171 Å². The molecule has 30 heavy (non-hydrogen) atoms. The van der Waals surface area contributed by atoms with Gasteiger partial charge in [-0.05, 0) is 54.1 Å². The van der Waals surface area contributed by atoms with E-state index in [1.54, 1.807) is 72.8 Å². The van der Waals surface area contributed by atoms with E-state index in [1.807, 2.05) is 0 Å². The fourth-order valence-electron chi connectivity index (χ4n) is 3.13. The summed E-state index contributed by atoms with van der Waals surface area (Å²) in [6, 6.07) is 22.3. The first-order chi connectivity index (χ1) is 14.6. The summed E-state index contributed by atoms with van der Waals surface area (Å²) >= 11 is 0. The molecule has 6 nitrogen and oxygen atoms in total. The standard InChI is InChI=1S/C24H15N3O3/c25-15-17-10-8-16(9-11-17)12-13-22-26-21-7-2-1-6-20(21)23(28)27(22)19-5-3-4-18(14-19)24(29)30/h1-14H,(H,29,30). The maximum atomic E-state index is 13.2. The minimum atomic E-state index is -1.08. The van der Waals surface area contributed by atoms with E-state index in [0.29, 0.717) is 28.0 Å². The first kappa shape index (κ1) is 18.8. The predicted octanol–water partition coefficient (Wildman–Crippen LogP) is 4.13. The summed E-state index contributed by atoms with van der Waals surface area (Å²) in [6.45, 7) is 0. The summed E-state index contributed by atoms with van der Waals surface area (Å²) < 4.78 is 1.40. The summed E-state index contributed by atoms with van der Waals surface area (Å²) in [6.07, 6.45) is 3.48. The molecule has 1 aromatic heterocycles. The maximum Gasteiger partial charge on any atom is 0.335 e. The Morgan fingerprint density at radius 3 is 2.50 bits per heavy atom. The number of carboxylic acid groups (broad SMARTS) is 1. The molecule has 0 aliphatic carbocycles. The monoisotopic (exact) mass is 393 g/mol. The van der Waals surface area contributed by atoms with Gasteiger partial charge in [0.15, 0.2) is 0 Å². The molecule has 4 rings (SSSR count). The fourth-order valence-corrected chi connectivity index (χ4v) is 3.13. The van der Waals surface area contributed by atoms with Gasteiger partial charge in [-0.25, -0.2) is 9.78 Å². The third kappa shape index (κ3) is 3.60. The van der Waals surface area contributed by atoms with Crippen LogP contribution in [-0.2, 0) is 0 Å². The van der Waals surface area contributed by atoms with Crippen LogP contribution < -0.4 is 5.56 Å². The van der Waals surface area contributed by atoms with Crippen molar-refractivity contribution in [1.82, 2.24) is 9.55 Å². The average molecular weight is 393 g/mol. The molecule has 0 fully saturated rings. The number of nitrogens with zero attached hydrogens (tertiary/aromatic N) is 3.